The van der Waals surface area contributed by atoms with Crippen LogP contribution in [-0.2, 0) is 0 Å². The van der Waals surface area contributed by atoms with Gasteiger partial charge in [0.2, 0.25) is 0 Å². The molecule has 0 saturated carbocycles. The van der Waals surface area contributed by atoms with Gasteiger partial charge in [-0.1, -0.05) is 28.1 Å². The van der Waals surface area contributed by atoms with Gasteiger partial charge >= 0.3 is 0 Å². The van der Waals surface area contributed by atoms with Crippen LogP contribution in [0.25, 0.3) is 0 Å². The van der Waals surface area contributed by atoms with Crippen molar-refractivity contribution in [1.29, 1.82) is 0 Å². The van der Waals surface area contributed by atoms with Crippen LogP contribution in [0.1, 0.15) is 23.2 Å². The lowest BCUT2D eigenvalue weighted by molar-refractivity contribution is 0.0886. The van der Waals surface area contributed by atoms with Crippen LogP contribution in [-0.4, -0.2) is 55.9 Å². The molecule has 1 heterocycles. The molecular formula is C16H23BrN2O. The molecule has 110 valence electrons. The zero-order chi connectivity index (χ0) is 14.5. The monoisotopic (exact) mass is 338 g/mol. The minimum Gasteiger partial charge on any atom is -0.309 e. The number of halogens is 1. The van der Waals surface area contributed by atoms with Crippen LogP contribution in [0.2, 0.25) is 0 Å². The normalized spacial score (nSPS) is 17.6. The average molecular weight is 339 g/mol. The topological polar surface area (TPSA) is 23.6 Å². The predicted octanol–water partition coefficient (Wildman–Crippen LogP) is 2.91. The molecule has 0 spiro atoms. The van der Waals surface area contributed by atoms with Crippen molar-refractivity contribution in [2.24, 2.45) is 5.92 Å². The van der Waals surface area contributed by atoms with Crippen molar-refractivity contribution >= 4 is 21.7 Å². The third-order valence-corrected chi connectivity index (χ3v) is 4.34. The maximum absolute atomic E-state index is 12.3. The molecule has 0 bridgehead atoms. The summed E-state index contributed by atoms with van der Waals surface area (Å²) in [6.45, 7) is 3.79. The summed E-state index contributed by atoms with van der Waals surface area (Å²) in [6.07, 6.45) is 2.40. The fourth-order valence-corrected chi connectivity index (χ4v) is 3.20. The molecule has 1 aromatic rings. The van der Waals surface area contributed by atoms with E-state index in [4.69, 9.17) is 0 Å². The molecule has 1 fully saturated rings. The van der Waals surface area contributed by atoms with E-state index in [0.717, 1.165) is 35.6 Å². The summed E-state index contributed by atoms with van der Waals surface area (Å²) in [5, 5.41) is 0. The average Bonchev–Trinajstić information content (AvgIpc) is 2.40. The lowest BCUT2D eigenvalue weighted by Gasteiger charge is -2.32. The number of nitrogens with zero attached hydrogens (tertiary/aromatic N) is 2. The van der Waals surface area contributed by atoms with Gasteiger partial charge in [-0.05, 0) is 58.1 Å². The van der Waals surface area contributed by atoms with Gasteiger partial charge in [0.25, 0.3) is 0 Å². The van der Waals surface area contributed by atoms with Crippen molar-refractivity contribution in [1.82, 2.24) is 9.80 Å². The lowest BCUT2D eigenvalue weighted by Crippen LogP contribution is -2.39. The summed E-state index contributed by atoms with van der Waals surface area (Å²) in [5.41, 5.74) is 0.801. The molecule has 2 rings (SSSR count). The zero-order valence-electron chi connectivity index (χ0n) is 12.3. The fraction of sp³-hybridized carbons (Fsp3) is 0.562. The van der Waals surface area contributed by atoms with E-state index in [1.54, 1.807) is 0 Å². The van der Waals surface area contributed by atoms with Gasteiger partial charge in [-0.3, -0.25) is 9.69 Å². The molecule has 0 N–H and O–H groups in total. The Balaban J connectivity index is 1.82. The van der Waals surface area contributed by atoms with E-state index in [2.05, 4.69) is 39.8 Å². The van der Waals surface area contributed by atoms with Gasteiger partial charge in [-0.15, -0.1) is 0 Å². The molecule has 0 radical (unpaired) electrons. The number of piperidine rings is 1. The van der Waals surface area contributed by atoms with Crippen molar-refractivity contribution in [3.8, 4) is 0 Å². The van der Waals surface area contributed by atoms with Crippen molar-refractivity contribution in [2.45, 2.75) is 12.8 Å². The zero-order valence-corrected chi connectivity index (χ0v) is 13.9. The van der Waals surface area contributed by atoms with Gasteiger partial charge in [-0.2, -0.15) is 0 Å². The van der Waals surface area contributed by atoms with Crippen LogP contribution in [0.3, 0.4) is 0 Å². The first-order valence-electron chi connectivity index (χ1n) is 7.20. The van der Waals surface area contributed by atoms with E-state index < -0.39 is 0 Å². The number of benzene rings is 1. The van der Waals surface area contributed by atoms with Crippen LogP contribution >= 0.6 is 15.9 Å². The minimum absolute atomic E-state index is 0.220. The van der Waals surface area contributed by atoms with E-state index in [1.165, 1.54) is 12.8 Å². The standard InChI is InChI=1S/C16H23BrN2O/c1-18(2)11-13-6-8-19(9-7-13)12-16(20)14-4-3-5-15(17)10-14/h3-5,10,13H,6-9,11-12H2,1-2H3. The van der Waals surface area contributed by atoms with E-state index in [1.807, 2.05) is 24.3 Å². The molecule has 20 heavy (non-hydrogen) atoms. The third kappa shape index (κ3) is 4.69. The molecule has 0 atom stereocenters. The summed E-state index contributed by atoms with van der Waals surface area (Å²) in [4.78, 5) is 16.8. The van der Waals surface area contributed by atoms with Crippen molar-refractivity contribution in [2.75, 3.05) is 40.3 Å². The number of carbonyl (C=O) groups excluding carboxylic acids is 1. The van der Waals surface area contributed by atoms with E-state index >= 15 is 0 Å². The second-order valence-corrected chi connectivity index (χ2v) is 6.83. The molecule has 1 aliphatic rings. The highest BCUT2D eigenvalue weighted by atomic mass is 79.9. The van der Waals surface area contributed by atoms with Gasteiger partial charge in [0.1, 0.15) is 0 Å². The van der Waals surface area contributed by atoms with E-state index in [-0.39, 0.29) is 5.78 Å². The summed E-state index contributed by atoms with van der Waals surface area (Å²) in [6, 6.07) is 7.66. The number of likely N-dealkylation sites (tertiary alicyclic amines) is 1. The first-order chi connectivity index (χ1) is 9.54. The lowest BCUT2D eigenvalue weighted by atomic mass is 9.96. The van der Waals surface area contributed by atoms with E-state index in [0.29, 0.717) is 6.54 Å². The van der Waals surface area contributed by atoms with Gasteiger partial charge in [0, 0.05) is 16.6 Å². The molecule has 1 saturated heterocycles. The number of carbonyl (C=O) groups is 1. The third-order valence-electron chi connectivity index (χ3n) is 3.84. The SMILES string of the molecule is CN(C)CC1CCN(CC(=O)c2cccc(Br)c2)CC1. The maximum Gasteiger partial charge on any atom is 0.176 e. The number of hydrogen-bond acceptors (Lipinski definition) is 3. The molecule has 0 aromatic heterocycles. The number of rotatable bonds is 5. The summed E-state index contributed by atoms with van der Waals surface area (Å²) < 4.78 is 0.966. The second-order valence-electron chi connectivity index (χ2n) is 5.92. The Hall–Kier alpha value is -0.710. The summed E-state index contributed by atoms with van der Waals surface area (Å²) in [7, 11) is 4.26. The summed E-state index contributed by atoms with van der Waals surface area (Å²) in [5.74, 6) is 1.000. The Morgan fingerprint density at radius 1 is 1.35 bits per heavy atom. The first kappa shape index (κ1) is 15.7. The minimum atomic E-state index is 0.220. The highest BCUT2D eigenvalue weighted by Crippen LogP contribution is 2.18. The van der Waals surface area contributed by atoms with Crippen molar-refractivity contribution < 1.29 is 4.79 Å². The van der Waals surface area contributed by atoms with Crippen LogP contribution in [0.4, 0.5) is 0 Å². The van der Waals surface area contributed by atoms with Crippen LogP contribution in [0.5, 0.6) is 0 Å². The van der Waals surface area contributed by atoms with E-state index in [9.17, 15) is 4.79 Å². The largest absolute Gasteiger partial charge is 0.309 e. The van der Waals surface area contributed by atoms with Gasteiger partial charge in [-0.25, -0.2) is 0 Å². The highest BCUT2D eigenvalue weighted by Gasteiger charge is 2.21. The number of hydrogen-bond donors (Lipinski definition) is 0. The Kier molecular flexibility index (Phi) is 5.75. The molecule has 1 aliphatic heterocycles. The molecule has 0 unspecified atom stereocenters. The Morgan fingerprint density at radius 3 is 2.65 bits per heavy atom. The maximum atomic E-state index is 12.3. The van der Waals surface area contributed by atoms with Crippen molar-refractivity contribution in [3.05, 3.63) is 34.3 Å². The molecular weight excluding hydrogens is 316 g/mol. The van der Waals surface area contributed by atoms with Crippen LogP contribution in [0.15, 0.2) is 28.7 Å². The molecule has 0 aliphatic carbocycles. The molecule has 0 amide bonds. The van der Waals surface area contributed by atoms with Gasteiger partial charge < -0.3 is 4.90 Å². The van der Waals surface area contributed by atoms with Crippen LogP contribution in [0, 0.1) is 5.92 Å². The molecule has 1 aromatic carbocycles. The quantitative estimate of drug-likeness (QED) is 0.771. The molecule has 4 heteroatoms. The van der Waals surface area contributed by atoms with Crippen LogP contribution < -0.4 is 0 Å². The fourth-order valence-electron chi connectivity index (χ4n) is 2.80. The summed E-state index contributed by atoms with van der Waals surface area (Å²) >= 11 is 3.42. The number of Topliss-reactive ketones (excluding diaryl/α,β-unsaturated/α-hetero) is 1. The smallest absolute Gasteiger partial charge is 0.176 e. The first-order valence-corrected chi connectivity index (χ1v) is 8.00. The Morgan fingerprint density at radius 2 is 2.05 bits per heavy atom. The number of ketones is 1. The van der Waals surface area contributed by atoms with Gasteiger partial charge in [0.05, 0.1) is 6.54 Å². The van der Waals surface area contributed by atoms with Crippen molar-refractivity contribution in [3.63, 3.8) is 0 Å². The Labute approximate surface area is 130 Å². The molecule has 3 nitrogen and oxygen atoms in total. The second kappa shape index (κ2) is 7.34. The van der Waals surface area contributed by atoms with Gasteiger partial charge in [0.15, 0.2) is 5.78 Å². The Bertz CT molecular complexity index is 454. The predicted molar refractivity (Wildman–Crippen MR) is 86.2 cm³/mol. The highest BCUT2D eigenvalue weighted by molar-refractivity contribution is 9.10.